The molecule has 9 heteroatoms. The zero-order chi connectivity index (χ0) is 24.1. The summed E-state index contributed by atoms with van der Waals surface area (Å²) in [4.78, 5) is 17.1. The van der Waals surface area contributed by atoms with E-state index < -0.39 is 5.82 Å². The standard InChI is InChI=1S/C25H20ClFN2O4S/c1-31-17-10-11-21(23(12-17)32-2)28-24(30)22-14-34-25(29-22)15-6-8-16(9-7-15)33-13-18-19(26)4-3-5-20(18)27/h3-12,14H,13H2,1-2H3,(H,28,30). The summed E-state index contributed by atoms with van der Waals surface area (Å²) < 4.78 is 30.1. The number of aromatic nitrogens is 1. The second kappa shape index (κ2) is 10.5. The Morgan fingerprint density at radius 1 is 1.06 bits per heavy atom. The number of nitrogens with one attached hydrogen (secondary N) is 1. The number of benzene rings is 3. The highest BCUT2D eigenvalue weighted by atomic mass is 35.5. The fourth-order valence-electron chi connectivity index (χ4n) is 3.12. The Kier molecular flexibility index (Phi) is 7.30. The Labute approximate surface area is 204 Å². The molecule has 0 spiro atoms. The van der Waals surface area contributed by atoms with Gasteiger partial charge in [0.2, 0.25) is 0 Å². The third kappa shape index (κ3) is 5.30. The summed E-state index contributed by atoms with van der Waals surface area (Å²) in [5.41, 5.74) is 1.92. The number of hydrogen-bond donors (Lipinski definition) is 1. The molecule has 0 radical (unpaired) electrons. The maximum atomic E-state index is 13.9. The topological polar surface area (TPSA) is 69.7 Å². The van der Waals surface area contributed by atoms with Gasteiger partial charge in [-0.25, -0.2) is 9.37 Å². The van der Waals surface area contributed by atoms with Crippen molar-refractivity contribution in [3.8, 4) is 27.8 Å². The monoisotopic (exact) mass is 498 g/mol. The van der Waals surface area contributed by atoms with Gasteiger partial charge in [0.25, 0.3) is 5.91 Å². The van der Waals surface area contributed by atoms with Crippen molar-refractivity contribution < 1.29 is 23.4 Å². The number of carbonyl (C=O) groups excluding carboxylic acids is 1. The van der Waals surface area contributed by atoms with Crippen LogP contribution < -0.4 is 19.5 Å². The minimum atomic E-state index is -0.412. The van der Waals surface area contributed by atoms with Crippen LogP contribution >= 0.6 is 22.9 Å². The number of anilines is 1. The average molecular weight is 499 g/mol. The van der Waals surface area contributed by atoms with Gasteiger partial charge < -0.3 is 19.5 Å². The summed E-state index contributed by atoms with van der Waals surface area (Å²) in [6, 6.07) is 16.8. The predicted molar refractivity (Wildman–Crippen MR) is 131 cm³/mol. The molecule has 3 aromatic carbocycles. The van der Waals surface area contributed by atoms with Gasteiger partial charge in [-0.15, -0.1) is 11.3 Å². The number of carbonyl (C=O) groups is 1. The first-order valence-corrected chi connectivity index (χ1v) is 11.4. The van der Waals surface area contributed by atoms with E-state index in [2.05, 4.69) is 10.3 Å². The maximum absolute atomic E-state index is 13.9. The van der Waals surface area contributed by atoms with Crippen LogP contribution in [0.15, 0.2) is 66.0 Å². The molecular formula is C25H20ClFN2O4S. The van der Waals surface area contributed by atoms with E-state index in [1.165, 1.54) is 24.5 Å². The van der Waals surface area contributed by atoms with Crippen LogP contribution in [-0.2, 0) is 6.61 Å². The van der Waals surface area contributed by atoms with Crippen LogP contribution in [0.4, 0.5) is 10.1 Å². The van der Waals surface area contributed by atoms with Gasteiger partial charge in [-0.2, -0.15) is 0 Å². The summed E-state index contributed by atoms with van der Waals surface area (Å²) in [5, 5.41) is 5.49. The van der Waals surface area contributed by atoms with Crippen molar-refractivity contribution in [1.82, 2.24) is 4.98 Å². The summed E-state index contributed by atoms with van der Waals surface area (Å²) in [6.07, 6.45) is 0. The number of hydrogen-bond acceptors (Lipinski definition) is 6. The highest BCUT2D eigenvalue weighted by molar-refractivity contribution is 7.13. The van der Waals surface area contributed by atoms with Crippen molar-refractivity contribution in [3.63, 3.8) is 0 Å². The molecule has 1 amide bonds. The van der Waals surface area contributed by atoms with Crippen LogP contribution in [0.25, 0.3) is 10.6 Å². The van der Waals surface area contributed by atoms with Crippen molar-refractivity contribution in [2.24, 2.45) is 0 Å². The predicted octanol–water partition coefficient (Wildman–Crippen LogP) is 6.45. The van der Waals surface area contributed by atoms with Crippen LogP contribution in [0.1, 0.15) is 16.1 Å². The van der Waals surface area contributed by atoms with E-state index in [0.29, 0.717) is 38.5 Å². The highest BCUT2D eigenvalue weighted by Gasteiger charge is 2.15. The number of ether oxygens (including phenoxy) is 3. The van der Waals surface area contributed by atoms with Crippen molar-refractivity contribution in [1.29, 1.82) is 0 Å². The van der Waals surface area contributed by atoms with E-state index in [1.807, 2.05) is 12.1 Å². The zero-order valence-corrected chi connectivity index (χ0v) is 19.9. The Morgan fingerprint density at radius 2 is 1.82 bits per heavy atom. The minimum absolute atomic E-state index is 0.0151. The quantitative estimate of drug-likeness (QED) is 0.302. The third-order valence-corrected chi connectivity index (χ3v) is 6.19. The molecule has 4 rings (SSSR count). The van der Waals surface area contributed by atoms with Crippen LogP contribution in [0.3, 0.4) is 0 Å². The van der Waals surface area contributed by atoms with E-state index in [9.17, 15) is 9.18 Å². The molecule has 0 saturated carbocycles. The molecule has 0 fully saturated rings. The van der Waals surface area contributed by atoms with Gasteiger partial charge in [-0.3, -0.25) is 4.79 Å². The highest BCUT2D eigenvalue weighted by Crippen LogP contribution is 2.31. The molecule has 34 heavy (non-hydrogen) atoms. The van der Waals surface area contributed by atoms with E-state index in [4.69, 9.17) is 25.8 Å². The van der Waals surface area contributed by atoms with E-state index in [1.54, 1.807) is 55.0 Å². The van der Waals surface area contributed by atoms with E-state index in [0.717, 1.165) is 5.56 Å². The summed E-state index contributed by atoms with van der Waals surface area (Å²) in [6.45, 7) is 0.0151. The number of nitrogens with zero attached hydrogens (tertiary/aromatic N) is 1. The zero-order valence-electron chi connectivity index (χ0n) is 18.3. The van der Waals surface area contributed by atoms with Gasteiger partial charge in [-0.05, 0) is 48.5 Å². The molecule has 174 valence electrons. The SMILES string of the molecule is COc1ccc(NC(=O)c2csc(-c3ccc(OCc4c(F)cccc4Cl)cc3)n2)c(OC)c1. The lowest BCUT2D eigenvalue weighted by molar-refractivity contribution is 0.102. The smallest absolute Gasteiger partial charge is 0.275 e. The molecule has 6 nitrogen and oxygen atoms in total. The average Bonchev–Trinajstić information content (AvgIpc) is 3.35. The molecule has 1 heterocycles. The molecule has 1 N–H and O–H groups in total. The number of halogens is 2. The van der Waals surface area contributed by atoms with Gasteiger partial charge in [-0.1, -0.05) is 17.7 Å². The minimum Gasteiger partial charge on any atom is -0.497 e. The number of amides is 1. The Balaban J connectivity index is 1.42. The van der Waals surface area contributed by atoms with Crippen molar-refractivity contribution in [2.45, 2.75) is 6.61 Å². The summed E-state index contributed by atoms with van der Waals surface area (Å²) in [5.74, 6) is 0.896. The molecule has 0 atom stereocenters. The van der Waals surface area contributed by atoms with Gasteiger partial charge in [0.05, 0.1) is 24.9 Å². The Morgan fingerprint density at radius 3 is 2.53 bits per heavy atom. The molecule has 0 saturated heterocycles. The lowest BCUT2D eigenvalue weighted by Gasteiger charge is -2.10. The third-order valence-electron chi connectivity index (χ3n) is 4.94. The first kappa shape index (κ1) is 23.5. The Hall–Kier alpha value is -3.62. The fourth-order valence-corrected chi connectivity index (χ4v) is 4.14. The Bertz CT molecular complexity index is 1290. The van der Waals surface area contributed by atoms with Gasteiger partial charge in [0.1, 0.15) is 40.4 Å². The molecule has 0 aliphatic heterocycles. The number of thiazole rings is 1. The van der Waals surface area contributed by atoms with E-state index >= 15 is 0 Å². The van der Waals surface area contributed by atoms with Crippen molar-refractivity contribution in [3.05, 3.63) is 88.1 Å². The molecule has 1 aromatic heterocycles. The van der Waals surface area contributed by atoms with Crippen molar-refractivity contribution >= 4 is 34.5 Å². The maximum Gasteiger partial charge on any atom is 0.275 e. The number of rotatable bonds is 8. The fraction of sp³-hybridized carbons (Fsp3) is 0.120. The van der Waals surface area contributed by atoms with Crippen molar-refractivity contribution in [2.75, 3.05) is 19.5 Å². The first-order chi connectivity index (χ1) is 16.5. The van der Waals surface area contributed by atoms with Crippen LogP contribution in [-0.4, -0.2) is 25.1 Å². The lowest BCUT2D eigenvalue weighted by Crippen LogP contribution is -2.13. The largest absolute Gasteiger partial charge is 0.497 e. The molecule has 0 unspecified atom stereocenters. The van der Waals surface area contributed by atoms with Crippen LogP contribution in [0, 0.1) is 5.82 Å². The van der Waals surface area contributed by atoms with Gasteiger partial charge in [0.15, 0.2) is 0 Å². The van der Waals surface area contributed by atoms with Crippen LogP contribution in [0.2, 0.25) is 5.02 Å². The first-order valence-electron chi connectivity index (χ1n) is 10.1. The lowest BCUT2D eigenvalue weighted by atomic mass is 10.2. The van der Waals surface area contributed by atoms with Gasteiger partial charge >= 0.3 is 0 Å². The number of methoxy groups -OCH3 is 2. The molecule has 0 aliphatic carbocycles. The van der Waals surface area contributed by atoms with E-state index in [-0.39, 0.29) is 18.2 Å². The normalized spacial score (nSPS) is 10.6. The van der Waals surface area contributed by atoms with Crippen LogP contribution in [0.5, 0.6) is 17.2 Å². The second-order valence-corrected chi connectivity index (χ2v) is 8.34. The van der Waals surface area contributed by atoms with Gasteiger partial charge in [0, 0.05) is 22.6 Å². The summed E-state index contributed by atoms with van der Waals surface area (Å²) in [7, 11) is 3.07. The second-order valence-electron chi connectivity index (χ2n) is 7.07. The summed E-state index contributed by atoms with van der Waals surface area (Å²) >= 11 is 7.38. The molecule has 0 aliphatic rings. The molecule has 4 aromatic rings. The molecular weight excluding hydrogens is 479 g/mol. The molecule has 0 bridgehead atoms.